The minimum Gasteiger partial charge on any atom is -0.376 e. The van der Waals surface area contributed by atoms with E-state index in [9.17, 15) is 0 Å². The Balaban J connectivity index is 3.00. The Morgan fingerprint density at radius 1 is 1.27 bits per heavy atom. The van der Waals surface area contributed by atoms with Crippen molar-refractivity contribution in [1.29, 1.82) is 0 Å². The van der Waals surface area contributed by atoms with Gasteiger partial charge in [-0.2, -0.15) is 12.6 Å². The van der Waals surface area contributed by atoms with Crippen LogP contribution in [0.3, 0.4) is 0 Å². The molecule has 0 fully saturated rings. The summed E-state index contributed by atoms with van der Waals surface area (Å²) in [6.45, 7) is 4.19. The highest BCUT2D eigenvalue weighted by atomic mass is 32.1. The van der Waals surface area contributed by atoms with E-state index in [2.05, 4.69) is 50.0 Å². The molecule has 0 radical (unpaired) electrons. The van der Waals surface area contributed by atoms with E-state index in [1.54, 1.807) is 0 Å². The number of benzene rings is 1. The molecular weight excluding hydrogens is 154 g/mol. The molecule has 1 rings (SSSR count). The summed E-state index contributed by atoms with van der Waals surface area (Å²) in [6.07, 6.45) is 0. The lowest BCUT2D eigenvalue weighted by Gasteiger charge is -2.09. The van der Waals surface area contributed by atoms with Crippen LogP contribution in [0.2, 0.25) is 0 Å². The molecule has 1 nitrogen and oxygen atoms in total. The van der Waals surface area contributed by atoms with Gasteiger partial charge in [0.2, 0.25) is 0 Å². The first-order chi connectivity index (χ1) is 5.25. The first-order valence-corrected chi connectivity index (χ1v) is 4.30. The molecule has 0 unspecified atom stereocenters. The van der Waals surface area contributed by atoms with Crippen LogP contribution >= 0.6 is 12.6 Å². The van der Waals surface area contributed by atoms with E-state index in [0.29, 0.717) is 5.88 Å². The molecule has 11 heavy (non-hydrogen) atoms. The minimum absolute atomic E-state index is 0.686. The van der Waals surface area contributed by atoms with E-state index in [-0.39, 0.29) is 0 Å². The predicted octanol–water partition coefficient (Wildman–Crippen LogP) is 2.60. The average molecular weight is 167 g/mol. The zero-order valence-electron chi connectivity index (χ0n) is 6.89. The summed E-state index contributed by atoms with van der Waals surface area (Å²) in [5.74, 6) is 0.686. The Hall–Kier alpha value is -0.630. The van der Waals surface area contributed by atoms with Gasteiger partial charge in [-0.05, 0) is 25.0 Å². The number of anilines is 1. The van der Waals surface area contributed by atoms with Crippen LogP contribution in [-0.2, 0) is 0 Å². The van der Waals surface area contributed by atoms with Gasteiger partial charge in [-0.1, -0.05) is 18.2 Å². The van der Waals surface area contributed by atoms with Crippen LogP contribution in [0, 0.1) is 13.8 Å². The molecule has 2 heteroatoms. The largest absolute Gasteiger partial charge is 0.376 e. The molecule has 1 aromatic carbocycles. The van der Waals surface area contributed by atoms with Crippen molar-refractivity contribution >= 4 is 18.3 Å². The van der Waals surface area contributed by atoms with Crippen LogP contribution in [-0.4, -0.2) is 5.88 Å². The third kappa shape index (κ3) is 1.90. The molecule has 0 saturated carbocycles. The average Bonchev–Trinajstić information content (AvgIpc) is 1.97. The van der Waals surface area contributed by atoms with Crippen LogP contribution in [0.15, 0.2) is 18.2 Å². The third-order valence-corrected chi connectivity index (χ3v) is 1.90. The topological polar surface area (TPSA) is 12.0 Å². The highest BCUT2D eigenvalue weighted by Crippen LogP contribution is 2.18. The molecule has 1 aromatic rings. The SMILES string of the molecule is Cc1cccc(C)c1NCS. The van der Waals surface area contributed by atoms with Crippen LogP contribution in [0.4, 0.5) is 5.69 Å². The zero-order chi connectivity index (χ0) is 8.27. The molecule has 1 N–H and O–H groups in total. The second kappa shape index (κ2) is 3.67. The van der Waals surface area contributed by atoms with Gasteiger partial charge in [-0.3, -0.25) is 0 Å². The first kappa shape index (κ1) is 8.47. The van der Waals surface area contributed by atoms with Crippen molar-refractivity contribution in [2.24, 2.45) is 0 Å². The summed E-state index contributed by atoms with van der Waals surface area (Å²) in [6, 6.07) is 6.26. The van der Waals surface area contributed by atoms with Gasteiger partial charge in [-0.25, -0.2) is 0 Å². The maximum Gasteiger partial charge on any atom is 0.0581 e. The van der Waals surface area contributed by atoms with Crippen molar-refractivity contribution < 1.29 is 0 Å². The quantitative estimate of drug-likeness (QED) is 0.509. The van der Waals surface area contributed by atoms with Crippen molar-refractivity contribution in [2.45, 2.75) is 13.8 Å². The monoisotopic (exact) mass is 167 g/mol. The summed E-state index contributed by atoms with van der Waals surface area (Å²) < 4.78 is 0. The molecule has 0 aliphatic carbocycles. The molecule has 0 spiro atoms. The summed E-state index contributed by atoms with van der Waals surface area (Å²) in [7, 11) is 0. The predicted molar refractivity (Wildman–Crippen MR) is 53.4 cm³/mol. The fourth-order valence-corrected chi connectivity index (χ4v) is 1.33. The van der Waals surface area contributed by atoms with E-state index in [1.165, 1.54) is 16.8 Å². The van der Waals surface area contributed by atoms with Crippen LogP contribution in [0.1, 0.15) is 11.1 Å². The Morgan fingerprint density at radius 3 is 2.27 bits per heavy atom. The number of aryl methyl sites for hydroxylation is 2. The van der Waals surface area contributed by atoms with Crippen molar-refractivity contribution in [2.75, 3.05) is 11.2 Å². The first-order valence-electron chi connectivity index (χ1n) is 3.66. The molecule has 0 aromatic heterocycles. The van der Waals surface area contributed by atoms with E-state index < -0.39 is 0 Å². The van der Waals surface area contributed by atoms with Gasteiger partial charge in [0.25, 0.3) is 0 Å². The highest BCUT2D eigenvalue weighted by Gasteiger charge is 1.97. The summed E-state index contributed by atoms with van der Waals surface area (Å²) in [5, 5.41) is 3.21. The molecular formula is C9H13NS. The number of hydrogen-bond acceptors (Lipinski definition) is 2. The van der Waals surface area contributed by atoms with Crippen molar-refractivity contribution in [3.05, 3.63) is 29.3 Å². The van der Waals surface area contributed by atoms with Crippen LogP contribution < -0.4 is 5.32 Å². The standard InChI is InChI=1S/C9H13NS/c1-7-4-3-5-8(2)9(7)10-6-11/h3-5,10-11H,6H2,1-2H3. The summed E-state index contributed by atoms with van der Waals surface area (Å²) >= 11 is 4.12. The molecule has 60 valence electrons. The smallest absolute Gasteiger partial charge is 0.0581 e. The molecule has 0 atom stereocenters. The summed E-state index contributed by atoms with van der Waals surface area (Å²) in [4.78, 5) is 0. The number of nitrogens with one attached hydrogen (secondary N) is 1. The lowest BCUT2D eigenvalue weighted by molar-refractivity contribution is 1.32. The van der Waals surface area contributed by atoms with Gasteiger partial charge in [0.1, 0.15) is 0 Å². The molecule has 0 bridgehead atoms. The van der Waals surface area contributed by atoms with Crippen molar-refractivity contribution in [3.8, 4) is 0 Å². The van der Waals surface area contributed by atoms with E-state index in [1.807, 2.05) is 0 Å². The number of rotatable bonds is 2. The van der Waals surface area contributed by atoms with Gasteiger partial charge in [0.05, 0.1) is 5.88 Å². The Morgan fingerprint density at radius 2 is 1.82 bits per heavy atom. The fraction of sp³-hybridized carbons (Fsp3) is 0.333. The number of thiol groups is 1. The van der Waals surface area contributed by atoms with E-state index in [4.69, 9.17) is 0 Å². The molecule has 0 amide bonds. The highest BCUT2D eigenvalue weighted by molar-refractivity contribution is 7.80. The Bertz CT molecular complexity index is 225. The maximum absolute atomic E-state index is 4.12. The normalized spacial score (nSPS) is 9.73. The zero-order valence-corrected chi connectivity index (χ0v) is 7.78. The third-order valence-electron chi connectivity index (χ3n) is 1.74. The van der Waals surface area contributed by atoms with Crippen LogP contribution in [0.5, 0.6) is 0 Å². The fourth-order valence-electron chi connectivity index (χ4n) is 1.17. The summed E-state index contributed by atoms with van der Waals surface area (Å²) in [5.41, 5.74) is 3.76. The Labute approximate surface area is 73.2 Å². The maximum atomic E-state index is 4.12. The van der Waals surface area contributed by atoms with Crippen molar-refractivity contribution in [3.63, 3.8) is 0 Å². The molecule has 0 aliphatic heterocycles. The second-order valence-corrected chi connectivity index (χ2v) is 2.92. The molecule has 0 saturated heterocycles. The second-order valence-electron chi connectivity index (χ2n) is 2.60. The van der Waals surface area contributed by atoms with Gasteiger partial charge < -0.3 is 5.32 Å². The number of hydrogen-bond donors (Lipinski definition) is 2. The van der Waals surface area contributed by atoms with Gasteiger partial charge in [0, 0.05) is 5.69 Å². The van der Waals surface area contributed by atoms with E-state index in [0.717, 1.165) is 0 Å². The molecule has 0 aliphatic rings. The Kier molecular flexibility index (Phi) is 2.83. The number of para-hydroxylation sites is 1. The van der Waals surface area contributed by atoms with Gasteiger partial charge >= 0.3 is 0 Å². The van der Waals surface area contributed by atoms with Gasteiger partial charge in [-0.15, -0.1) is 0 Å². The van der Waals surface area contributed by atoms with Crippen molar-refractivity contribution in [1.82, 2.24) is 0 Å². The van der Waals surface area contributed by atoms with Gasteiger partial charge in [0.15, 0.2) is 0 Å². The minimum atomic E-state index is 0.686. The lowest BCUT2D eigenvalue weighted by atomic mass is 10.1. The lowest BCUT2D eigenvalue weighted by Crippen LogP contribution is -1.98. The van der Waals surface area contributed by atoms with E-state index >= 15 is 0 Å². The van der Waals surface area contributed by atoms with Crippen LogP contribution in [0.25, 0.3) is 0 Å². The molecule has 0 heterocycles.